The summed E-state index contributed by atoms with van der Waals surface area (Å²) in [4.78, 5) is 69.9. The Balaban J connectivity index is 1.16. The quantitative estimate of drug-likeness (QED) is 0.0644. The normalized spacial score (nSPS) is 14.9. The van der Waals surface area contributed by atoms with E-state index in [4.69, 9.17) is 18.6 Å². The van der Waals surface area contributed by atoms with Gasteiger partial charge in [-0.15, -0.1) is 0 Å². The van der Waals surface area contributed by atoms with Crippen molar-refractivity contribution in [1.29, 1.82) is 0 Å². The zero-order valence-corrected chi connectivity index (χ0v) is 40.5. The Hall–Kier alpha value is -6.72. The van der Waals surface area contributed by atoms with Gasteiger partial charge in [0.05, 0.1) is 34.9 Å². The number of sulfonamides is 1. The molecule has 5 aromatic rings. The van der Waals surface area contributed by atoms with Crippen LogP contribution in [0.4, 0.5) is 27.5 Å². The van der Waals surface area contributed by atoms with E-state index in [0.29, 0.717) is 16.8 Å². The number of fused-ring (bicyclic) bond motifs is 2. The molecule has 4 aromatic carbocycles. The molecular weight excluding hydrogens is 891 g/mol. The number of hydrogen-bond donors (Lipinski definition) is 4. The molecule has 68 heavy (non-hydrogen) atoms. The van der Waals surface area contributed by atoms with Crippen molar-refractivity contribution >= 4 is 67.6 Å². The Kier molecular flexibility index (Phi) is 14.1. The fourth-order valence-electron chi connectivity index (χ4n) is 8.17. The number of nitrogens with one attached hydrogen (secondary N) is 4. The average molecular weight is 950 g/mol. The van der Waals surface area contributed by atoms with Crippen molar-refractivity contribution in [1.82, 2.24) is 4.90 Å². The number of rotatable bonds is 13. The highest BCUT2D eigenvalue weighted by Gasteiger charge is 2.54. The van der Waals surface area contributed by atoms with Gasteiger partial charge in [0, 0.05) is 30.4 Å². The van der Waals surface area contributed by atoms with Crippen LogP contribution < -0.4 is 30.8 Å². The molecule has 3 heterocycles. The number of benzene rings is 4. The van der Waals surface area contributed by atoms with Crippen LogP contribution in [0.5, 0.6) is 5.75 Å². The maximum absolute atomic E-state index is 14.3. The lowest BCUT2D eigenvalue weighted by Gasteiger charge is -2.36. The number of carbonyl (C=O) groups is 4. The number of amides is 3. The highest BCUT2D eigenvalue weighted by Crippen LogP contribution is 2.44. The second-order valence-corrected chi connectivity index (χ2v) is 20.8. The summed E-state index contributed by atoms with van der Waals surface area (Å²) in [6.07, 6.45) is 2.37. The monoisotopic (exact) mass is 949 g/mol. The average Bonchev–Trinajstić information content (AvgIpc) is 3.79. The number of aryl methyl sites for hydroxylation is 1. The minimum Gasteiger partial charge on any atom is -0.463 e. The van der Waals surface area contributed by atoms with Crippen molar-refractivity contribution < 1.29 is 46.2 Å². The molecule has 1 saturated heterocycles. The molecule has 2 aliphatic rings. The molecule has 0 saturated carbocycles. The first-order chi connectivity index (χ1) is 32.1. The molecule has 0 spiro atoms. The van der Waals surface area contributed by atoms with Crippen LogP contribution in [0.1, 0.15) is 107 Å². The lowest BCUT2D eigenvalue weighted by molar-refractivity contribution is -0.181. The van der Waals surface area contributed by atoms with Crippen LogP contribution in [0.15, 0.2) is 93.0 Å². The number of urea groups is 1. The highest BCUT2D eigenvalue weighted by molar-refractivity contribution is 7.92. The molecule has 360 valence electrons. The van der Waals surface area contributed by atoms with E-state index in [-0.39, 0.29) is 70.5 Å². The molecule has 0 aliphatic carbocycles. The number of ether oxygens (including phenoxy) is 3. The van der Waals surface area contributed by atoms with Gasteiger partial charge >= 0.3 is 23.6 Å². The van der Waals surface area contributed by atoms with Crippen molar-refractivity contribution in [2.24, 2.45) is 0 Å². The number of carbonyl (C=O) groups excluding carboxylic acids is 4. The molecule has 7 rings (SSSR count). The van der Waals surface area contributed by atoms with Crippen molar-refractivity contribution in [3.63, 3.8) is 0 Å². The van der Waals surface area contributed by atoms with Gasteiger partial charge in [-0.05, 0) is 128 Å². The maximum atomic E-state index is 14.3. The maximum Gasteiger partial charge on any atom is 0.362 e. The second-order valence-electron chi connectivity index (χ2n) is 19.1. The topological polar surface area (TPSA) is 212 Å². The Morgan fingerprint density at radius 2 is 1.37 bits per heavy atom. The molecule has 17 heteroatoms. The van der Waals surface area contributed by atoms with Crippen LogP contribution in [0, 0.1) is 0 Å². The van der Waals surface area contributed by atoms with Crippen molar-refractivity contribution in [3.8, 4) is 5.75 Å². The first-order valence-electron chi connectivity index (χ1n) is 22.8. The Labute approximate surface area is 396 Å². The van der Waals surface area contributed by atoms with Gasteiger partial charge in [-0.3, -0.25) is 19.2 Å². The van der Waals surface area contributed by atoms with Crippen LogP contribution in [-0.2, 0) is 52.9 Å². The number of hydrogen-bond acceptors (Lipinski definition) is 12. The number of esters is 2. The van der Waals surface area contributed by atoms with E-state index < -0.39 is 55.8 Å². The Morgan fingerprint density at radius 1 is 0.750 bits per heavy atom. The second kappa shape index (κ2) is 19.5. The summed E-state index contributed by atoms with van der Waals surface area (Å²) in [6, 6.07) is 20.1. The fraction of sp³-hybridized carbons (Fsp3) is 0.392. The third kappa shape index (κ3) is 10.8. The predicted molar refractivity (Wildman–Crippen MR) is 260 cm³/mol. The van der Waals surface area contributed by atoms with Gasteiger partial charge in [0.15, 0.2) is 16.8 Å². The van der Waals surface area contributed by atoms with Gasteiger partial charge in [-0.25, -0.2) is 22.8 Å². The van der Waals surface area contributed by atoms with Gasteiger partial charge in [-0.1, -0.05) is 65.8 Å². The summed E-state index contributed by atoms with van der Waals surface area (Å²) in [6.45, 7) is 17.6. The minimum absolute atomic E-state index is 0.0209. The molecule has 0 atom stereocenters. The molecule has 1 aromatic heterocycles. The number of likely N-dealkylation sites (tertiary alicyclic amines) is 1. The Morgan fingerprint density at radius 3 is 2.01 bits per heavy atom. The molecule has 0 bridgehead atoms. The van der Waals surface area contributed by atoms with Crippen LogP contribution in [0.25, 0.3) is 11.0 Å². The van der Waals surface area contributed by atoms with E-state index >= 15 is 0 Å². The first kappa shape index (κ1) is 49.2. The standard InChI is InChI=1S/C51H59N5O11S/c1-9-64-46(59)51(47(60)65-10-2)20-19-32-24-33(49(3,4)5)27-40(43(32)67-51)55-68(62,63)37-18-14-17-36(28-37)53-48(61)54-39-26-34(50(6,7)8)25-38-41(57)29-42(66-44(38)39)45(58)52-35-16-13-15-31(23-35)30-56-21-11-12-22-56/h13-18,23-29,55H,9-12,19-22,30H2,1-8H3,(H,52,58)(H2,53,54,61). The van der Waals surface area contributed by atoms with Gasteiger partial charge in [0.2, 0.25) is 0 Å². The number of anilines is 4. The van der Waals surface area contributed by atoms with Crippen LogP contribution >= 0.6 is 0 Å². The lowest BCUT2D eigenvalue weighted by atomic mass is 9.83. The van der Waals surface area contributed by atoms with Gasteiger partial charge < -0.3 is 34.6 Å². The molecule has 16 nitrogen and oxygen atoms in total. The molecule has 0 radical (unpaired) electrons. The third-order valence-corrected chi connectivity index (χ3v) is 13.2. The molecule has 0 unspecified atom stereocenters. The van der Waals surface area contributed by atoms with Crippen LogP contribution in [0.2, 0.25) is 0 Å². The molecule has 2 aliphatic heterocycles. The van der Waals surface area contributed by atoms with Crippen molar-refractivity contribution in [2.75, 3.05) is 47.0 Å². The van der Waals surface area contributed by atoms with Gasteiger partial charge in [0.25, 0.3) is 15.9 Å². The van der Waals surface area contributed by atoms with Gasteiger partial charge in [0.1, 0.15) is 5.75 Å². The zero-order chi connectivity index (χ0) is 49.2. The minimum atomic E-state index is -4.45. The zero-order valence-electron chi connectivity index (χ0n) is 39.7. The molecule has 1 fully saturated rings. The summed E-state index contributed by atoms with van der Waals surface area (Å²) < 4.78 is 53.9. The summed E-state index contributed by atoms with van der Waals surface area (Å²) in [5.41, 5.74) is 0.120. The fourth-order valence-corrected chi connectivity index (χ4v) is 9.27. The van der Waals surface area contributed by atoms with Crippen LogP contribution in [0.3, 0.4) is 0 Å². The predicted octanol–water partition coefficient (Wildman–Crippen LogP) is 8.87. The van der Waals surface area contributed by atoms with E-state index in [2.05, 4.69) is 25.6 Å². The highest BCUT2D eigenvalue weighted by atomic mass is 32.2. The van der Waals surface area contributed by atoms with E-state index in [9.17, 15) is 32.4 Å². The Bertz CT molecular complexity index is 2930. The van der Waals surface area contributed by atoms with E-state index in [0.717, 1.165) is 49.7 Å². The van der Waals surface area contributed by atoms with E-state index in [1.54, 1.807) is 38.1 Å². The summed E-state index contributed by atoms with van der Waals surface area (Å²) in [5, 5.41) is 8.40. The van der Waals surface area contributed by atoms with Crippen molar-refractivity contribution in [2.45, 2.75) is 109 Å². The van der Waals surface area contributed by atoms with E-state index in [1.165, 1.54) is 24.3 Å². The molecule has 3 amide bonds. The molecular formula is C51H59N5O11S. The third-order valence-electron chi connectivity index (χ3n) is 11.9. The van der Waals surface area contributed by atoms with Crippen molar-refractivity contribution in [3.05, 3.63) is 117 Å². The van der Waals surface area contributed by atoms with E-state index in [1.807, 2.05) is 65.8 Å². The summed E-state index contributed by atoms with van der Waals surface area (Å²) in [7, 11) is -4.45. The lowest BCUT2D eigenvalue weighted by Crippen LogP contribution is -2.55. The van der Waals surface area contributed by atoms with Gasteiger partial charge in [-0.2, -0.15) is 0 Å². The first-order valence-corrected chi connectivity index (χ1v) is 24.3. The largest absolute Gasteiger partial charge is 0.463 e. The van der Waals surface area contributed by atoms with Crippen LogP contribution in [-0.4, -0.2) is 69.1 Å². The summed E-state index contributed by atoms with van der Waals surface area (Å²) in [5.74, 6) is -2.85. The summed E-state index contributed by atoms with van der Waals surface area (Å²) >= 11 is 0. The smallest absolute Gasteiger partial charge is 0.362 e. The number of nitrogens with zero attached hydrogens (tertiary/aromatic N) is 1. The SMILES string of the molecule is CCOC(=O)C1(C(=O)OCC)CCc2cc(C(C)(C)C)cc(NS(=O)(=O)c3cccc(NC(=O)Nc4cc(C(C)(C)C)cc5c(=O)cc(C(=O)Nc6cccc(CN7CCCC7)c6)oc45)c3)c2O1. The molecule has 4 N–H and O–H groups in total.